The van der Waals surface area contributed by atoms with Crippen LogP contribution < -0.4 is 10.5 Å². The van der Waals surface area contributed by atoms with Crippen molar-refractivity contribution in [3.8, 4) is 5.75 Å². The van der Waals surface area contributed by atoms with Crippen molar-refractivity contribution >= 4 is 23.2 Å². The van der Waals surface area contributed by atoms with Crippen LogP contribution in [0, 0.1) is 0 Å². The number of hydrogen-bond donors (Lipinski definition) is 1. The minimum absolute atomic E-state index is 0.149. The van der Waals surface area contributed by atoms with E-state index in [1.807, 2.05) is 24.3 Å². The number of rotatable bonds is 4. The van der Waals surface area contributed by atoms with Crippen molar-refractivity contribution in [2.24, 2.45) is 0 Å². The molecule has 0 saturated carbocycles. The Morgan fingerprint density at radius 1 is 1.38 bits per heavy atom. The average molecular weight is 306 g/mol. The lowest BCUT2D eigenvalue weighted by Crippen LogP contribution is -2.26. The van der Waals surface area contributed by atoms with Crippen LogP contribution in [0.1, 0.15) is 15.9 Å². The molecule has 0 saturated heterocycles. The molecule has 0 aliphatic heterocycles. The summed E-state index contributed by atoms with van der Waals surface area (Å²) < 4.78 is 5.10. The van der Waals surface area contributed by atoms with Crippen molar-refractivity contribution in [2.45, 2.75) is 6.54 Å². The van der Waals surface area contributed by atoms with Gasteiger partial charge in [-0.15, -0.1) is 0 Å². The molecule has 1 heterocycles. The quantitative estimate of drug-likeness (QED) is 0.882. The molecule has 0 unspecified atom stereocenters. The first-order chi connectivity index (χ1) is 10.0. The van der Waals surface area contributed by atoms with Gasteiger partial charge in [-0.3, -0.25) is 4.79 Å². The van der Waals surface area contributed by atoms with Crippen molar-refractivity contribution in [2.75, 3.05) is 19.9 Å². The molecule has 110 valence electrons. The van der Waals surface area contributed by atoms with E-state index in [0.717, 1.165) is 11.3 Å². The van der Waals surface area contributed by atoms with Crippen LogP contribution in [0.5, 0.6) is 5.75 Å². The highest BCUT2D eigenvalue weighted by Crippen LogP contribution is 2.19. The third-order valence-electron chi connectivity index (χ3n) is 3.02. The lowest BCUT2D eigenvalue weighted by Gasteiger charge is -2.18. The van der Waals surface area contributed by atoms with Gasteiger partial charge in [-0.1, -0.05) is 23.7 Å². The van der Waals surface area contributed by atoms with E-state index in [0.29, 0.717) is 17.8 Å². The van der Waals surface area contributed by atoms with Gasteiger partial charge in [0.2, 0.25) is 0 Å². The molecule has 0 spiro atoms. The summed E-state index contributed by atoms with van der Waals surface area (Å²) in [7, 11) is 3.31. The van der Waals surface area contributed by atoms with Crippen LogP contribution in [0.15, 0.2) is 36.5 Å². The van der Waals surface area contributed by atoms with Gasteiger partial charge in [-0.2, -0.15) is 0 Å². The first kappa shape index (κ1) is 15.1. The van der Waals surface area contributed by atoms with Crippen molar-refractivity contribution in [3.05, 3.63) is 52.8 Å². The second-order valence-electron chi connectivity index (χ2n) is 4.62. The SMILES string of the molecule is COc1ccc(CN(C)C(=O)c2cc(N)cnc2Cl)cc1. The summed E-state index contributed by atoms with van der Waals surface area (Å²) in [4.78, 5) is 17.8. The summed E-state index contributed by atoms with van der Waals surface area (Å²) in [5, 5.41) is 0.149. The molecule has 0 radical (unpaired) electrons. The number of carbonyl (C=O) groups is 1. The number of ether oxygens (including phenoxy) is 1. The van der Waals surface area contributed by atoms with Gasteiger partial charge in [0.1, 0.15) is 10.9 Å². The normalized spacial score (nSPS) is 10.2. The number of nitrogens with zero attached hydrogens (tertiary/aromatic N) is 2. The van der Waals surface area contributed by atoms with E-state index in [4.69, 9.17) is 22.1 Å². The maximum absolute atomic E-state index is 12.4. The zero-order valence-electron chi connectivity index (χ0n) is 11.8. The molecule has 2 aromatic rings. The summed E-state index contributed by atoms with van der Waals surface area (Å²) in [5.74, 6) is 0.548. The van der Waals surface area contributed by atoms with Gasteiger partial charge in [0, 0.05) is 13.6 Å². The van der Waals surface area contributed by atoms with Crippen LogP contribution in [-0.2, 0) is 6.54 Å². The fraction of sp³-hybridized carbons (Fsp3) is 0.200. The van der Waals surface area contributed by atoms with E-state index in [-0.39, 0.29) is 11.1 Å². The Kier molecular flexibility index (Phi) is 4.65. The molecular formula is C15H16ClN3O2. The molecule has 0 atom stereocenters. The van der Waals surface area contributed by atoms with Crippen LogP contribution in [0.25, 0.3) is 0 Å². The predicted octanol–water partition coefficient (Wildman–Crippen LogP) is 2.60. The van der Waals surface area contributed by atoms with Gasteiger partial charge in [0.15, 0.2) is 0 Å². The molecule has 0 fully saturated rings. The largest absolute Gasteiger partial charge is 0.497 e. The average Bonchev–Trinajstić information content (AvgIpc) is 2.49. The number of aromatic nitrogens is 1. The first-order valence-electron chi connectivity index (χ1n) is 6.30. The zero-order valence-corrected chi connectivity index (χ0v) is 12.6. The number of methoxy groups -OCH3 is 1. The number of halogens is 1. The standard InChI is InChI=1S/C15H16ClN3O2/c1-19(9-10-3-5-12(21-2)6-4-10)15(20)13-7-11(17)8-18-14(13)16/h3-8H,9,17H2,1-2H3. The van der Waals surface area contributed by atoms with Gasteiger partial charge in [-0.25, -0.2) is 4.98 Å². The fourth-order valence-corrected chi connectivity index (χ4v) is 2.08. The topological polar surface area (TPSA) is 68.5 Å². The monoisotopic (exact) mass is 305 g/mol. The van der Waals surface area contributed by atoms with E-state index in [1.54, 1.807) is 19.1 Å². The highest BCUT2D eigenvalue weighted by molar-refractivity contribution is 6.32. The van der Waals surface area contributed by atoms with Crippen LogP contribution in [0.3, 0.4) is 0 Å². The van der Waals surface area contributed by atoms with E-state index >= 15 is 0 Å². The van der Waals surface area contributed by atoms with Crippen molar-refractivity contribution in [3.63, 3.8) is 0 Å². The van der Waals surface area contributed by atoms with Gasteiger partial charge >= 0.3 is 0 Å². The van der Waals surface area contributed by atoms with Crippen molar-refractivity contribution in [1.82, 2.24) is 9.88 Å². The summed E-state index contributed by atoms with van der Waals surface area (Å²) in [5.41, 5.74) is 7.33. The maximum Gasteiger partial charge on any atom is 0.257 e. The van der Waals surface area contributed by atoms with Crippen molar-refractivity contribution in [1.29, 1.82) is 0 Å². The minimum Gasteiger partial charge on any atom is -0.497 e. The molecule has 0 bridgehead atoms. The highest BCUT2D eigenvalue weighted by Gasteiger charge is 2.16. The summed E-state index contributed by atoms with van der Waals surface area (Å²) in [6, 6.07) is 9.04. The summed E-state index contributed by atoms with van der Waals surface area (Å²) in [6.45, 7) is 0.452. The highest BCUT2D eigenvalue weighted by atomic mass is 35.5. The number of hydrogen-bond acceptors (Lipinski definition) is 4. The summed E-state index contributed by atoms with van der Waals surface area (Å²) >= 11 is 5.95. The number of nitrogen functional groups attached to an aromatic ring is 1. The maximum atomic E-state index is 12.4. The third kappa shape index (κ3) is 3.64. The number of anilines is 1. The number of pyridine rings is 1. The molecule has 21 heavy (non-hydrogen) atoms. The molecule has 2 rings (SSSR count). The number of benzene rings is 1. The smallest absolute Gasteiger partial charge is 0.257 e. The van der Waals surface area contributed by atoms with Crippen LogP contribution in [0.4, 0.5) is 5.69 Å². The van der Waals surface area contributed by atoms with E-state index < -0.39 is 0 Å². The summed E-state index contributed by atoms with van der Waals surface area (Å²) in [6.07, 6.45) is 1.42. The Bertz CT molecular complexity index is 644. The van der Waals surface area contributed by atoms with Gasteiger partial charge in [-0.05, 0) is 23.8 Å². The second kappa shape index (κ2) is 6.45. The minimum atomic E-state index is -0.226. The first-order valence-corrected chi connectivity index (χ1v) is 6.68. The molecule has 1 aromatic carbocycles. The molecular weight excluding hydrogens is 290 g/mol. The fourth-order valence-electron chi connectivity index (χ4n) is 1.90. The van der Waals surface area contributed by atoms with Crippen LogP contribution in [0.2, 0.25) is 5.15 Å². The number of nitrogens with two attached hydrogens (primary N) is 1. The van der Waals surface area contributed by atoms with Crippen molar-refractivity contribution < 1.29 is 9.53 Å². The molecule has 0 aliphatic rings. The Balaban J connectivity index is 2.13. The van der Waals surface area contributed by atoms with Gasteiger partial charge in [0.05, 0.1) is 24.6 Å². The van der Waals surface area contributed by atoms with Gasteiger partial charge in [0.25, 0.3) is 5.91 Å². The Morgan fingerprint density at radius 3 is 2.67 bits per heavy atom. The molecule has 6 heteroatoms. The second-order valence-corrected chi connectivity index (χ2v) is 4.97. The molecule has 1 amide bonds. The third-order valence-corrected chi connectivity index (χ3v) is 3.32. The Labute approximate surface area is 128 Å². The predicted molar refractivity (Wildman–Crippen MR) is 82.5 cm³/mol. The lowest BCUT2D eigenvalue weighted by atomic mass is 10.2. The lowest BCUT2D eigenvalue weighted by molar-refractivity contribution is 0.0785. The molecule has 0 aliphatic carbocycles. The number of carbonyl (C=O) groups excluding carboxylic acids is 1. The van der Waals surface area contributed by atoms with E-state index in [1.165, 1.54) is 12.3 Å². The molecule has 5 nitrogen and oxygen atoms in total. The van der Waals surface area contributed by atoms with E-state index in [9.17, 15) is 4.79 Å². The Hall–Kier alpha value is -2.27. The zero-order chi connectivity index (χ0) is 15.4. The molecule has 1 aromatic heterocycles. The Morgan fingerprint density at radius 2 is 2.05 bits per heavy atom. The van der Waals surface area contributed by atoms with Crippen LogP contribution >= 0.6 is 11.6 Å². The van der Waals surface area contributed by atoms with E-state index in [2.05, 4.69) is 4.98 Å². The van der Waals surface area contributed by atoms with Gasteiger partial charge < -0.3 is 15.4 Å². The molecule has 2 N–H and O–H groups in total. The van der Waals surface area contributed by atoms with Crippen LogP contribution in [-0.4, -0.2) is 29.9 Å². The number of amides is 1.